The summed E-state index contributed by atoms with van der Waals surface area (Å²) in [6, 6.07) is 9.16. The Morgan fingerprint density at radius 2 is 1.83 bits per heavy atom. The van der Waals surface area contributed by atoms with Gasteiger partial charge in [-0.05, 0) is 45.6 Å². The molecule has 4 rings (SSSR count). The Balaban J connectivity index is 1.59. The molecule has 0 aliphatic carbocycles. The number of amides is 3. The van der Waals surface area contributed by atoms with Crippen LogP contribution >= 0.6 is 27.7 Å². The standard InChI is InChI=1S/C27H38BrN3O4S/c1-26(2,3)30-24(34)22-27-15-18(28)21(36-27)19(23(33)29-16-17-11-7-6-8-12-17)20(27)25(35)31(22)13-9-4-5-10-14-32/h6-8,11-12,18-22,32H,4-5,9-10,13-16H2,1-3H3,(H,29,33)(H,30,34)/t18?,19-,20-,21-,22?,27?/m0/s1. The van der Waals surface area contributed by atoms with Crippen LogP contribution in [0.25, 0.3) is 0 Å². The van der Waals surface area contributed by atoms with Crippen molar-refractivity contribution < 1.29 is 19.5 Å². The lowest BCUT2D eigenvalue weighted by Crippen LogP contribution is -2.57. The lowest BCUT2D eigenvalue weighted by atomic mass is 9.70. The van der Waals surface area contributed by atoms with Crippen molar-refractivity contribution >= 4 is 45.4 Å². The molecule has 3 fully saturated rings. The molecular formula is C27H38BrN3O4S. The number of rotatable bonds is 10. The minimum atomic E-state index is -0.620. The largest absolute Gasteiger partial charge is 0.396 e. The fourth-order valence-electron chi connectivity index (χ4n) is 6.06. The molecule has 3 saturated heterocycles. The topological polar surface area (TPSA) is 98.7 Å². The fourth-order valence-corrected chi connectivity index (χ4v) is 9.67. The van der Waals surface area contributed by atoms with Gasteiger partial charge in [-0.1, -0.05) is 59.1 Å². The van der Waals surface area contributed by atoms with Crippen molar-refractivity contribution in [3.63, 3.8) is 0 Å². The molecule has 9 heteroatoms. The summed E-state index contributed by atoms with van der Waals surface area (Å²) in [5.41, 5.74) is 0.583. The second-order valence-corrected chi connectivity index (χ2v) is 14.0. The number of carbonyl (C=O) groups excluding carboxylic acids is 3. The molecule has 1 spiro atoms. The predicted molar refractivity (Wildman–Crippen MR) is 146 cm³/mol. The molecule has 3 aliphatic heterocycles. The van der Waals surface area contributed by atoms with Gasteiger partial charge in [-0.15, -0.1) is 11.8 Å². The number of halogens is 1. The van der Waals surface area contributed by atoms with E-state index in [2.05, 4.69) is 26.6 Å². The van der Waals surface area contributed by atoms with Crippen molar-refractivity contribution in [2.75, 3.05) is 13.2 Å². The summed E-state index contributed by atoms with van der Waals surface area (Å²) >= 11 is 5.47. The number of aliphatic hydroxyl groups excluding tert-OH is 1. The molecule has 0 aromatic heterocycles. The summed E-state index contributed by atoms with van der Waals surface area (Å²) in [6.07, 6.45) is 3.96. The Bertz CT molecular complexity index is 972. The van der Waals surface area contributed by atoms with Gasteiger partial charge in [0.05, 0.1) is 16.6 Å². The maximum absolute atomic E-state index is 14.0. The van der Waals surface area contributed by atoms with E-state index in [1.165, 1.54) is 0 Å². The van der Waals surface area contributed by atoms with Crippen LogP contribution in [-0.2, 0) is 20.9 Å². The van der Waals surface area contributed by atoms with E-state index in [4.69, 9.17) is 5.11 Å². The van der Waals surface area contributed by atoms with Gasteiger partial charge in [0.2, 0.25) is 17.7 Å². The molecule has 3 aliphatic rings. The van der Waals surface area contributed by atoms with Crippen molar-refractivity contribution in [1.82, 2.24) is 15.5 Å². The van der Waals surface area contributed by atoms with E-state index in [1.54, 1.807) is 16.7 Å². The van der Waals surface area contributed by atoms with Crippen LogP contribution in [0, 0.1) is 11.8 Å². The van der Waals surface area contributed by atoms with E-state index < -0.39 is 28.2 Å². The summed E-state index contributed by atoms with van der Waals surface area (Å²) in [4.78, 5) is 43.0. The molecule has 3 amide bonds. The lowest BCUT2D eigenvalue weighted by molar-refractivity contribution is -0.140. The molecular weight excluding hydrogens is 542 g/mol. The predicted octanol–water partition coefficient (Wildman–Crippen LogP) is 3.23. The number of hydrogen-bond donors (Lipinski definition) is 3. The van der Waals surface area contributed by atoms with E-state index in [0.29, 0.717) is 19.5 Å². The number of nitrogens with one attached hydrogen (secondary N) is 2. The molecule has 3 N–H and O–H groups in total. The normalized spacial score (nSPS) is 31.0. The van der Waals surface area contributed by atoms with Crippen molar-refractivity contribution in [3.05, 3.63) is 35.9 Å². The van der Waals surface area contributed by atoms with Crippen LogP contribution < -0.4 is 10.6 Å². The zero-order valence-electron chi connectivity index (χ0n) is 21.3. The molecule has 7 nitrogen and oxygen atoms in total. The van der Waals surface area contributed by atoms with Gasteiger partial charge in [-0.2, -0.15) is 0 Å². The van der Waals surface area contributed by atoms with Gasteiger partial charge in [-0.25, -0.2) is 0 Å². The molecule has 1 aromatic rings. The van der Waals surface area contributed by atoms with Crippen LogP contribution in [-0.4, -0.2) is 67.3 Å². The van der Waals surface area contributed by atoms with Gasteiger partial charge in [0.15, 0.2) is 0 Å². The second-order valence-electron chi connectivity index (χ2n) is 11.3. The molecule has 0 saturated carbocycles. The molecule has 3 heterocycles. The summed E-state index contributed by atoms with van der Waals surface area (Å²) in [5, 5.41) is 15.2. The summed E-state index contributed by atoms with van der Waals surface area (Å²) in [7, 11) is 0. The zero-order chi connectivity index (χ0) is 26.1. The quantitative estimate of drug-likeness (QED) is 0.292. The first-order valence-electron chi connectivity index (χ1n) is 13.0. The third-order valence-corrected chi connectivity index (χ3v) is 10.7. The monoisotopic (exact) mass is 579 g/mol. The number of benzene rings is 1. The first kappa shape index (κ1) is 27.5. The SMILES string of the molecule is CC(C)(C)NC(=O)C1N(CCCCCCO)C(=O)[C@@H]2[C@H](C(=O)NCc3ccccc3)[C@H]3SC12CC3Br. The number of unbranched alkanes of at least 4 members (excludes halogenated alkanes) is 3. The van der Waals surface area contributed by atoms with Crippen molar-refractivity contribution in [3.8, 4) is 0 Å². The smallest absolute Gasteiger partial charge is 0.244 e. The van der Waals surface area contributed by atoms with Gasteiger partial charge < -0.3 is 20.6 Å². The fraction of sp³-hybridized carbons (Fsp3) is 0.667. The summed E-state index contributed by atoms with van der Waals surface area (Å²) < 4.78 is -0.620. The maximum Gasteiger partial charge on any atom is 0.244 e. The number of likely N-dealkylation sites (tertiary alicyclic amines) is 1. The zero-order valence-corrected chi connectivity index (χ0v) is 23.7. The highest BCUT2D eigenvalue weighted by atomic mass is 79.9. The van der Waals surface area contributed by atoms with Crippen LogP contribution in [0.15, 0.2) is 30.3 Å². The molecule has 6 atom stereocenters. The van der Waals surface area contributed by atoms with Crippen LogP contribution in [0.3, 0.4) is 0 Å². The number of carbonyl (C=O) groups is 3. The molecule has 36 heavy (non-hydrogen) atoms. The van der Waals surface area contributed by atoms with E-state index in [-0.39, 0.29) is 34.4 Å². The number of hydrogen-bond acceptors (Lipinski definition) is 5. The Labute approximate surface area is 226 Å². The molecule has 0 radical (unpaired) electrons. The number of thioether (sulfide) groups is 1. The van der Waals surface area contributed by atoms with Crippen molar-refractivity contribution in [2.45, 2.75) is 85.8 Å². The van der Waals surface area contributed by atoms with Gasteiger partial charge in [0.1, 0.15) is 6.04 Å². The second kappa shape index (κ2) is 11.0. The third-order valence-electron chi connectivity index (χ3n) is 7.46. The Morgan fingerprint density at radius 3 is 2.50 bits per heavy atom. The molecule has 1 aromatic carbocycles. The average molecular weight is 581 g/mol. The highest BCUT2D eigenvalue weighted by Gasteiger charge is 2.75. The third kappa shape index (κ3) is 5.34. The van der Waals surface area contributed by atoms with Gasteiger partial charge in [-0.3, -0.25) is 14.4 Å². The van der Waals surface area contributed by atoms with Gasteiger partial charge in [0.25, 0.3) is 0 Å². The Hall–Kier alpha value is -1.58. The van der Waals surface area contributed by atoms with Crippen LogP contribution in [0.2, 0.25) is 0 Å². The van der Waals surface area contributed by atoms with Crippen molar-refractivity contribution in [2.24, 2.45) is 11.8 Å². The highest BCUT2D eigenvalue weighted by Crippen LogP contribution is 2.67. The number of alkyl halides is 1. The number of fused-ring (bicyclic) bond motifs is 1. The van der Waals surface area contributed by atoms with Gasteiger partial charge in [0, 0.05) is 35.3 Å². The average Bonchev–Trinajstić information content (AvgIpc) is 3.40. The van der Waals surface area contributed by atoms with E-state index in [0.717, 1.165) is 31.2 Å². The van der Waals surface area contributed by atoms with E-state index in [1.807, 2.05) is 51.1 Å². The number of aliphatic hydroxyl groups is 1. The minimum Gasteiger partial charge on any atom is -0.396 e. The lowest BCUT2D eigenvalue weighted by Gasteiger charge is -2.36. The molecule has 3 unspecified atom stereocenters. The molecule has 2 bridgehead atoms. The van der Waals surface area contributed by atoms with Gasteiger partial charge >= 0.3 is 0 Å². The van der Waals surface area contributed by atoms with E-state index in [9.17, 15) is 14.4 Å². The highest BCUT2D eigenvalue weighted by molar-refractivity contribution is 9.09. The first-order chi connectivity index (χ1) is 17.1. The Kier molecular flexibility index (Phi) is 8.42. The maximum atomic E-state index is 14.0. The summed E-state index contributed by atoms with van der Waals surface area (Å²) in [5.74, 6) is -1.30. The first-order valence-corrected chi connectivity index (χ1v) is 14.8. The minimum absolute atomic E-state index is 0.0497. The number of nitrogens with zero attached hydrogens (tertiary/aromatic N) is 1. The summed E-state index contributed by atoms with van der Waals surface area (Å²) in [6.45, 7) is 6.90. The molecule has 198 valence electrons. The van der Waals surface area contributed by atoms with Crippen LogP contribution in [0.4, 0.5) is 0 Å². The van der Waals surface area contributed by atoms with Crippen LogP contribution in [0.1, 0.15) is 58.4 Å². The van der Waals surface area contributed by atoms with Crippen LogP contribution in [0.5, 0.6) is 0 Å². The van der Waals surface area contributed by atoms with Crippen molar-refractivity contribution in [1.29, 1.82) is 0 Å². The van der Waals surface area contributed by atoms with E-state index >= 15 is 0 Å². The Morgan fingerprint density at radius 1 is 1.14 bits per heavy atom.